The molecule has 3 N–H and O–H groups in total. The normalized spacial score (nSPS) is 12.7. The van der Waals surface area contributed by atoms with Crippen molar-refractivity contribution >= 4 is 57.6 Å². The molecule has 0 spiro atoms. The monoisotopic (exact) mass is 346 g/mol. The minimum Gasteiger partial charge on any atom is -0.325 e. The summed E-state index contributed by atoms with van der Waals surface area (Å²) in [6.45, 7) is 7.16. The molecule has 0 aliphatic heterocycles. The Morgan fingerprint density at radius 1 is 1.19 bits per heavy atom. The molecule has 1 aromatic carbocycles. The van der Waals surface area contributed by atoms with Crippen molar-refractivity contribution in [3.63, 3.8) is 0 Å². The number of aromatic nitrogens is 2. The number of carbonyl (C=O) groups is 1. The van der Waals surface area contributed by atoms with E-state index in [1.54, 1.807) is 33.8 Å². The number of hydrogen-bond donors (Lipinski definition) is 2. The maximum atomic E-state index is 12.6. The van der Waals surface area contributed by atoms with Gasteiger partial charge in [0.2, 0.25) is 5.91 Å². The van der Waals surface area contributed by atoms with E-state index in [-0.39, 0.29) is 5.91 Å². The molecule has 8 heteroatoms. The van der Waals surface area contributed by atoms with Crippen LogP contribution in [0.2, 0.25) is 10.0 Å². The fourth-order valence-electron chi connectivity index (χ4n) is 1.56. The van der Waals surface area contributed by atoms with Gasteiger partial charge >= 0.3 is 0 Å². The Labute approximate surface area is 137 Å². The zero-order chi connectivity index (χ0) is 16.0. The first-order valence-corrected chi connectivity index (χ1v) is 7.75. The van der Waals surface area contributed by atoms with E-state index in [9.17, 15) is 4.79 Å². The van der Waals surface area contributed by atoms with Gasteiger partial charge in [-0.25, -0.2) is 0 Å². The van der Waals surface area contributed by atoms with Crippen molar-refractivity contribution in [1.82, 2.24) is 8.75 Å². The van der Waals surface area contributed by atoms with E-state index in [1.165, 1.54) is 0 Å². The maximum absolute atomic E-state index is 12.6. The summed E-state index contributed by atoms with van der Waals surface area (Å²) in [6.07, 6.45) is 0. The highest BCUT2D eigenvalue weighted by molar-refractivity contribution is 7.00. The molecule has 2 aromatic rings. The smallest absolute Gasteiger partial charge is 0.231 e. The molecule has 114 valence electrons. The standard InChI is InChI=1S/C13H16Cl2N4OS/c1-12(2,13(3,4)16)11(20)17-8-6(14)5-7(15)9-10(8)19-21-18-9/h5H,16H2,1-4H3,(H,17,20). The van der Waals surface area contributed by atoms with Crippen molar-refractivity contribution in [1.29, 1.82) is 0 Å². The molecule has 0 unspecified atom stereocenters. The van der Waals surface area contributed by atoms with Gasteiger partial charge in [0.25, 0.3) is 0 Å². The van der Waals surface area contributed by atoms with Crippen LogP contribution in [0.15, 0.2) is 6.07 Å². The van der Waals surface area contributed by atoms with Gasteiger partial charge in [0.15, 0.2) is 0 Å². The van der Waals surface area contributed by atoms with Crippen molar-refractivity contribution in [3.8, 4) is 0 Å². The Balaban J connectivity index is 2.46. The molecule has 1 amide bonds. The van der Waals surface area contributed by atoms with E-state index in [0.717, 1.165) is 11.7 Å². The van der Waals surface area contributed by atoms with E-state index in [0.29, 0.717) is 26.8 Å². The number of nitrogens with two attached hydrogens (primary N) is 1. The lowest BCUT2D eigenvalue weighted by molar-refractivity contribution is -0.126. The zero-order valence-corrected chi connectivity index (χ0v) is 14.4. The van der Waals surface area contributed by atoms with Crippen LogP contribution in [0.25, 0.3) is 11.0 Å². The Hall–Kier alpha value is -0.950. The van der Waals surface area contributed by atoms with E-state index < -0.39 is 11.0 Å². The summed E-state index contributed by atoms with van der Waals surface area (Å²) in [5, 5.41) is 3.53. The first-order chi connectivity index (χ1) is 9.55. The van der Waals surface area contributed by atoms with Crippen molar-refractivity contribution in [2.75, 3.05) is 5.32 Å². The molecular weight excluding hydrogens is 331 g/mol. The van der Waals surface area contributed by atoms with E-state index in [4.69, 9.17) is 28.9 Å². The largest absolute Gasteiger partial charge is 0.325 e. The van der Waals surface area contributed by atoms with Crippen LogP contribution >= 0.6 is 34.9 Å². The number of nitrogens with zero attached hydrogens (tertiary/aromatic N) is 2. The molecule has 0 atom stereocenters. The van der Waals surface area contributed by atoms with Gasteiger partial charge in [-0.15, -0.1) is 0 Å². The van der Waals surface area contributed by atoms with Gasteiger partial charge in [-0.2, -0.15) is 8.75 Å². The number of rotatable bonds is 3. The van der Waals surface area contributed by atoms with Gasteiger partial charge < -0.3 is 11.1 Å². The molecule has 5 nitrogen and oxygen atoms in total. The number of halogens is 2. The van der Waals surface area contributed by atoms with Crippen LogP contribution < -0.4 is 11.1 Å². The zero-order valence-electron chi connectivity index (χ0n) is 12.1. The SMILES string of the molecule is CC(C)(N)C(C)(C)C(=O)Nc1c(Cl)cc(Cl)c2nsnc12. The maximum Gasteiger partial charge on any atom is 0.231 e. The fourth-order valence-corrected chi connectivity index (χ4v) is 2.71. The van der Waals surface area contributed by atoms with Crippen LogP contribution in [-0.4, -0.2) is 20.2 Å². The van der Waals surface area contributed by atoms with Gasteiger partial charge in [-0.3, -0.25) is 4.79 Å². The number of fused-ring (bicyclic) bond motifs is 1. The highest BCUT2D eigenvalue weighted by Crippen LogP contribution is 2.37. The van der Waals surface area contributed by atoms with Crippen LogP contribution in [0.5, 0.6) is 0 Å². The Morgan fingerprint density at radius 2 is 1.76 bits per heavy atom. The Bertz CT molecular complexity index is 706. The van der Waals surface area contributed by atoms with Crippen molar-refractivity contribution in [2.24, 2.45) is 11.1 Å². The third kappa shape index (κ3) is 2.85. The molecule has 1 heterocycles. The molecule has 0 aliphatic rings. The summed E-state index contributed by atoms with van der Waals surface area (Å²) in [7, 11) is 0. The molecule has 0 fully saturated rings. The highest BCUT2D eigenvalue weighted by atomic mass is 35.5. The number of benzene rings is 1. The second-order valence-corrected chi connectivity index (χ2v) is 7.32. The van der Waals surface area contributed by atoms with Crippen LogP contribution in [0.4, 0.5) is 5.69 Å². The third-order valence-corrected chi connectivity index (χ3v) is 4.98. The van der Waals surface area contributed by atoms with Crippen LogP contribution in [0.3, 0.4) is 0 Å². The van der Waals surface area contributed by atoms with Gasteiger partial charge in [0, 0.05) is 5.54 Å². The average Bonchev–Trinajstić information content (AvgIpc) is 2.82. The van der Waals surface area contributed by atoms with Gasteiger partial charge in [-0.05, 0) is 33.8 Å². The highest BCUT2D eigenvalue weighted by Gasteiger charge is 2.40. The predicted octanol–water partition coefficient (Wildman–Crippen LogP) is 3.70. The number of amides is 1. The molecule has 0 saturated carbocycles. The van der Waals surface area contributed by atoms with Crippen molar-refractivity contribution < 1.29 is 4.79 Å². The Morgan fingerprint density at radius 3 is 2.33 bits per heavy atom. The molecule has 1 aromatic heterocycles. The summed E-state index contributed by atoms with van der Waals surface area (Å²) >= 11 is 13.3. The second-order valence-electron chi connectivity index (χ2n) is 5.98. The van der Waals surface area contributed by atoms with Crippen LogP contribution in [0.1, 0.15) is 27.7 Å². The molecule has 2 rings (SSSR count). The molecule has 0 aliphatic carbocycles. The molecule has 0 saturated heterocycles. The number of hydrogen-bond acceptors (Lipinski definition) is 5. The number of nitrogens with one attached hydrogen (secondary N) is 1. The van der Waals surface area contributed by atoms with Crippen LogP contribution in [-0.2, 0) is 4.79 Å². The van der Waals surface area contributed by atoms with E-state index in [2.05, 4.69) is 14.1 Å². The summed E-state index contributed by atoms with van der Waals surface area (Å²) in [5.41, 5.74) is 5.99. The lowest BCUT2D eigenvalue weighted by atomic mass is 9.74. The molecule has 0 bridgehead atoms. The summed E-state index contributed by atoms with van der Waals surface area (Å²) in [4.78, 5) is 12.6. The summed E-state index contributed by atoms with van der Waals surface area (Å²) in [5.74, 6) is -0.242. The van der Waals surface area contributed by atoms with E-state index in [1.807, 2.05) is 0 Å². The first kappa shape index (κ1) is 16.4. The van der Waals surface area contributed by atoms with Crippen molar-refractivity contribution in [3.05, 3.63) is 16.1 Å². The topological polar surface area (TPSA) is 80.9 Å². The lowest BCUT2D eigenvalue weighted by Gasteiger charge is -2.36. The predicted molar refractivity (Wildman–Crippen MR) is 88.1 cm³/mol. The molecule has 0 radical (unpaired) electrons. The first-order valence-electron chi connectivity index (χ1n) is 6.26. The minimum atomic E-state index is -0.800. The van der Waals surface area contributed by atoms with Crippen molar-refractivity contribution in [2.45, 2.75) is 33.2 Å². The average molecular weight is 347 g/mol. The Kier molecular flexibility index (Phi) is 4.19. The van der Waals surface area contributed by atoms with Gasteiger partial charge in [0.1, 0.15) is 11.0 Å². The fraction of sp³-hybridized carbons (Fsp3) is 0.462. The number of anilines is 1. The molecular formula is C13H16Cl2N4OS. The third-order valence-electron chi connectivity index (χ3n) is 3.86. The summed E-state index contributed by atoms with van der Waals surface area (Å²) < 4.78 is 8.26. The summed E-state index contributed by atoms with van der Waals surface area (Å²) in [6, 6.07) is 1.54. The quantitative estimate of drug-likeness (QED) is 0.887. The van der Waals surface area contributed by atoms with Gasteiger partial charge in [-0.1, -0.05) is 23.2 Å². The van der Waals surface area contributed by atoms with E-state index >= 15 is 0 Å². The van der Waals surface area contributed by atoms with Gasteiger partial charge in [0.05, 0.1) is 32.9 Å². The lowest BCUT2D eigenvalue weighted by Crippen LogP contribution is -2.53. The molecule has 21 heavy (non-hydrogen) atoms. The number of carbonyl (C=O) groups excluding carboxylic acids is 1. The second kappa shape index (κ2) is 5.35. The minimum absolute atomic E-state index is 0.242. The van der Waals surface area contributed by atoms with Crippen LogP contribution in [0, 0.1) is 5.41 Å².